The number of rotatable bonds is 5. The molecule has 0 radical (unpaired) electrons. The lowest BCUT2D eigenvalue weighted by atomic mass is 9.98. The molecule has 0 saturated heterocycles. The third kappa shape index (κ3) is 3.06. The lowest BCUT2D eigenvalue weighted by Gasteiger charge is -2.47. The molecule has 104 valence electrons. The van der Waals surface area contributed by atoms with E-state index in [0.29, 0.717) is 11.5 Å². The first-order valence-electron chi connectivity index (χ1n) is 5.85. The SMILES string of the molecule is CC1(C)C=C(CSCC(N)C(=O)O)C(C)(C)N1[O-]. The first-order chi connectivity index (χ1) is 8.09. The average molecular weight is 273 g/mol. The number of thioether (sulfide) groups is 1. The van der Waals surface area contributed by atoms with Gasteiger partial charge in [0.15, 0.2) is 0 Å². The summed E-state index contributed by atoms with van der Waals surface area (Å²) < 4.78 is 0. The van der Waals surface area contributed by atoms with Gasteiger partial charge in [-0.1, -0.05) is 6.08 Å². The van der Waals surface area contributed by atoms with Crippen molar-refractivity contribution in [3.63, 3.8) is 0 Å². The van der Waals surface area contributed by atoms with E-state index in [1.165, 1.54) is 11.8 Å². The van der Waals surface area contributed by atoms with Gasteiger partial charge in [0.05, 0.1) is 0 Å². The monoisotopic (exact) mass is 273 g/mol. The number of carboxylic acid groups (broad SMARTS) is 1. The molecule has 1 unspecified atom stereocenters. The maximum atomic E-state index is 12.1. The maximum absolute atomic E-state index is 12.1. The molecule has 0 saturated carbocycles. The summed E-state index contributed by atoms with van der Waals surface area (Å²) in [4.78, 5) is 10.6. The number of nitrogens with zero attached hydrogens (tertiary/aromatic N) is 1. The van der Waals surface area contributed by atoms with E-state index in [1.54, 1.807) is 0 Å². The zero-order valence-electron chi connectivity index (χ0n) is 11.3. The van der Waals surface area contributed by atoms with Gasteiger partial charge < -0.3 is 21.1 Å². The summed E-state index contributed by atoms with van der Waals surface area (Å²) in [5.74, 6) is -0.00833. The smallest absolute Gasteiger partial charge is 0.321 e. The molecule has 1 atom stereocenters. The fourth-order valence-electron chi connectivity index (χ4n) is 2.10. The van der Waals surface area contributed by atoms with Crippen LogP contribution in [0, 0.1) is 5.21 Å². The molecule has 1 rings (SSSR count). The molecule has 1 aliphatic heterocycles. The minimum atomic E-state index is -0.993. The van der Waals surface area contributed by atoms with Crippen LogP contribution in [0.4, 0.5) is 0 Å². The predicted molar refractivity (Wildman–Crippen MR) is 74.4 cm³/mol. The molecule has 0 fully saturated rings. The topological polar surface area (TPSA) is 89.6 Å². The van der Waals surface area contributed by atoms with Gasteiger partial charge in [0.25, 0.3) is 0 Å². The Labute approximate surface area is 112 Å². The second kappa shape index (κ2) is 5.21. The van der Waals surface area contributed by atoms with Gasteiger partial charge in [-0.25, -0.2) is 0 Å². The third-order valence-corrected chi connectivity index (χ3v) is 4.33. The molecular formula is C12H21N2O3S-. The summed E-state index contributed by atoms with van der Waals surface area (Å²) in [6.45, 7) is 7.53. The van der Waals surface area contributed by atoms with Crippen LogP contribution >= 0.6 is 11.8 Å². The van der Waals surface area contributed by atoms with E-state index in [0.717, 1.165) is 10.6 Å². The lowest BCUT2D eigenvalue weighted by Crippen LogP contribution is -2.46. The van der Waals surface area contributed by atoms with Crippen LogP contribution in [0.2, 0.25) is 0 Å². The Bertz CT molecular complexity index is 366. The maximum Gasteiger partial charge on any atom is 0.321 e. The number of hydroxylamine groups is 2. The fourth-order valence-corrected chi connectivity index (χ4v) is 3.27. The minimum Gasteiger partial charge on any atom is -0.784 e. The largest absolute Gasteiger partial charge is 0.784 e. The Hall–Kier alpha value is -0.560. The Morgan fingerprint density at radius 1 is 1.56 bits per heavy atom. The summed E-state index contributed by atoms with van der Waals surface area (Å²) in [5.41, 5.74) is 5.43. The predicted octanol–water partition coefficient (Wildman–Crippen LogP) is 1.43. The van der Waals surface area contributed by atoms with Crippen LogP contribution in [-0.4, -0.2) is 44.8 Å². The lowest BCUT2D eigenvalue weighted by molar-refractivity contribution is -0.137. The van der Waals surface area contributed by atoms with Gasteiger partial charge in [0, 0.05) is 22.6 Å². The second-order valence-corrected chi connectivity index (χ2v) is 6.67. The summed E-state index contributed by atoms with van der Waals surface area (Å²) >= 11 is 1.45. The van der Waals surface area contributed by atoms with Crippen molar-refractivity contribution in [2.45, 2.75) is 44.8 Å². The molecule has 1 aliphatic rings. The zero-order chi connectivity index (χ0) is 14.1. The Balaban J connectivity index is 2.60. The molecule has 6 heteroatoms. The highest BCUT2D eigenvalue weighted by molar-refractivity contribution is 7.99. The normalized spacial score (nSPS) is 23.8. The van der Waals surface area contributed by atoms with E-state index in [-0.39, 0.29) is 0 Å². The molecule has 0 spiro atoms. The van der Waals surface area contributed by atoms with Crippen molar-refractivity contribution in [3.05, 3.63) is 16.9 Å². The number of hydrogen-bond donors (Lipinski definition) is 2. The number of aliphatic carboxylic acids is 1. The van der Waals surface area contributed by atoms with E-state index in [9.17, 15) is 10.0 Å². The second-order valence-electron chi connectivity index (χ2n) is 5.64. The van der Waals surface area contributed by atoms with Crippen molar-refractivity contribution in [2.75, 3.05) is 11.5 Å². The Kier molecular flexibility index (Phi) is 4.48. The van der Waals surface area contributed by atoms with E-state index in [4.69, 9.17) is 10.8 Å². The number of nitrogens with two attached hydrogens (primary N) is 1. The van der Waals surface area contributed by atoms with Crippen molar-refractivity contribution < 1.29 is 9.90 Å². The van der Waals surface area contributed by atoms with Crippen LogP contribution in [0.1, 0.15) is 27.7 Å². The van der Waals surface area contributed by atoms with Gasteiger partial charge in [-0.2, -0.15) is 11.8 Å². The molecule has 5 nitrogen and oxygen atoms in total. The highest BCUT2D eigenvalue weighted by Gasteiger charge is 2.39. The van der Waals surface area contributed by atoms with Crippen LogP contribution in [0.15, 0.2) is 11.6 Å². The van der Waals surface area contributed by atoms with Crippen LogP contribution < -0.4 is 5.73 Å². The summed E-state index contributed by atoms with van der Waals surface area (Å²) in [5, 5.41) is 21.9. The van der Waals surface area contributed by atoms with Crippen LogP contribution in [-0.2, 0) is 4.79 Å². The number of carbonyl (C=O) groups is 1. The molecular weight excluding hydrogens is 252 g/mol. The van der Waals surface area contributed by atoms with Gasteiger partial charge in [-0.05, 0) is 33.3 Å². The molecule has 18 heavy (non-hydrogen) atoms. The molecule has 0 bridgehead atoms. The van der Waals surface area contributed by atoms with Gasteiger partial charge in [0.2, 0.25) is 0 Å². The van der Waals surface area contributed by atoms with Gasteiger partial charge in [0.1, 0.15) is 6.04 Å². The molecule has 3 N–H and O–H groups in total. The molecule has 0 aromatic rings. The highest BCUT2D eigenvalue weighted by atomic mass is 32.2. The van der Waals surface area contributed by atoms with Crippen molar-refractivity contribution in [3.8, 4) is 0 Å². The molecule has 0 amide bonds. The molecule has 0 aliphatic carbocycles. The third-order valence-electron chi connectivity index (χ3n) is 3.22. The van der Waals surface area contributed by atoms with Crippen LogP contribution in [0.25, 0.3) is 0 Å². The summed E-state index contributed by atoms with van der Waals surface area (Å²) in [6, 6.07) is -0.850. The van der Waals surface area contributed by atoms with Gasteiger partial charge >= 0.3 is 5.97 Å². The molecule has 0 aromatic heterocycles. The first kappa shape index (κ1) is 15.5. The van der Waals surface area contributed by atoms with Crippen LogP contribution in [0.3, 0.4) is 0 Å². The van der Waals surface area contributed by atoms with E-state index >= 15 is 0 Å². The number of hydrogen-bond acceptors (Lipinski definition) is 5. The molecule has 0 aromatic carbocycles. The van der Waals surface area contributed by atoms with E-state index < -0.39 is 23.1 Å². The Morgan fingerprint density at radius 3 is 2.50 bits per heavy atom. The van der Waals surface area contributed by atoms with E-state index in [2.05, 4.69) is 0 Å². The van der Waals surface area contributed by atoms with Crippen molar-refractivity contribution >= 4 is 17.7 Å². The average Bonchev–Trinajstić information content (AvgIpc) is 2.39. The van der Waals surface area contributed by atoms with Crippen LogP contribution in [0.5, 0.6) is 0 Å². The first-order valence-corrected chi connectivity index (χ1v) is 7.00. The van der Waals surface area contributed by atoms with Crippen molar-refractivity contribution in [2.24, 2.45) is 5.73 Å². The zero-order valence-corrected chi connectivity index (χ0v) is 12.1. The highest BCUT2D eigenvalue weighted by Crippen LogP contribution is 2.40. The number of carboxylic acids is 1. The quantitative estimate of drug-likeness (QED) is 0.736. The Morgan fingerprint density at radius 2 is 2.11 bits per heavy atom. The van der Waals surface area contributed by atoms with Gasteiger partial charge in [-0.3, -0.25) is 4.79 Å². The standard InChI is InChI=1S/C12H21N2O3S/c1-11(2)5-8(12(3,4)14(11)17)6-18-7-9(13)10(15)16/h5,9H,6-7,13H2,1-4H3,(H,15,16)/q-1. The van der Waals surface area contributed by atoms with Crippen molar-refractivity contribution in [1.82, 2.24) is 5.06 Å². The fraction of sp³-hybridized carbons (Fsp3) is 0.750. The minimum absolute atomic E-state index is 0.349. The van der Waals surface area contributed by atoms with E-state index in [1.807, 2.05) is 33.8 Å². The van der Waals surface area contributed by atoms with Gasteiger partial charge in [-0.15, -0.1) is 0 Å². The summed E-state index contributed by atoms with van der Waals surface area (Å²) in [6.07, 6.45) is 1.97. The van der Waals surface area contributed by atoms with Crippen molar-refractivity contribution in [1.29, 1.82) is 0 Å². The molecule has 1 heterocycles. The summed E-state index contributed by atoms with van der Waals surface area (Å²) in [7, 11) is 0.